The normalized spacial score (nSPS) is 14.2. The highest BCUT2D eigenvalue weighted by atomic mass is 19.3. The molecule has 128 valence electrons. The van der Waals surface area contributed by atoms with Crippen molar-refractivity contribution >= 4 is 5.69 Å². The average molecular weight is 334 g/mol. The highest BCUT2D eigenvalue weighted by Gasteiger charge is 2.16. The third-order valence-electron chi connectivity index (χ3n) is 4.02. The molecule has 1 N–H and O–H groups in total. The Hall–Kier alpha value is -2.34. The molecule has 1 aliphatic heterocycles. The molecular weight excluding hydrogens is 314 g/mol. The van der Waals surface area contributed by atoms with E-state index in [0.29, 0.717) is 12.3 Å². The highest BCUT2D eigenvalue weighted by molar-refractivity contribution is 5.55. The van der Waals surface area contributed by atoms with Gasteiger partial charge in [0.25, 0.3) is 0 Å². The minimum atomic E-state index is -2.88. The molecule has 3 rings (SSSR count). The number of nitrogens with one attached hydrogen (secondary N) is 1. The Morgan fingerprint density at radius 2 is 2.00 bits per heavy atom. The number of anilines is 1. The second kappa shape index (κ2) is 7.49. The van der Waals surface area contributed by atoms with E-state index < -0.39 is 6.61 Å². The van der Waals surface area contributed by atoms with Crippen LogP contribution >= 0.6 is 0 Å². The van der Waals surface area contributed by atoms with Crippen molar-refractivity contribution in [1.29, 1.82) is 0 Å². The number of ether oxygens (including phenoxy) is 2. The van der Waals surface area contributed by atoms with Crippen molar-refractivity contribution < 1.29 is 18.3 Å². The summed E-state index contributed by atoms with van der Waals surface area (Å²) in [6.45, 7) is 0.272. The Kier molecular flexibility index (Phi) is 5.15. The topological polar surface area (TPSA) is 33.7 Å². The monoisotopic (exact) mass is 334 g/mol. The maximum Gasteiger partial charge on any atom is 0.387 e. The summed E-state index contributed by atoms with van der Waals surface area (Å²) in [7, 11) is 1.43. The summed E-state index contributed by atoms with van der Waals surface area (Å²) in [5.74, 6) is 0.364. The molecule has 2 aromatic carbocycles. The van der Waals surface area contributed by atoms with Gasteiger partial charge in [-0.1, -0.05) is 24.3 Å². The summed E-state index contributed by atoms with van der Waals surface area (Å²) < 4.78 is 34.8. The van der Waals surface area contributed by atoms with Crippen molar-refractivity contribution in [1.82, 2.24) is 5.32 Å². The Morgan fingerprint density at radius 3 is 2.79 bits per heavy atom. The molecule has 0 amide bonds. The fourth-order valence-electron chi connectivity index (χ4n) is 2.92. The molecule has 24 heavy (non-hydrogen) atoms. The summed E-state index contributed by atoms with van der Waals surface area (Å²) in [4.78, 5) is 2.24. The molecule has 0 spiro atoms. The van der Waals surface area contributed by atoms with Gasteiger partial charge in [0, 0.05) is 31.9 Å². The number of halogens is 2. The van der Waals surface area contributed by atoms with E-state index in [2.05, 4.69) is 27.1 Å². The molecule has 0 saturated heterocycles. The second-order valence-corrected chi connectivity index (χ2v) is 5.59. The van der Waals surface area contributed by atoms with E-state index in [1.165, 1.54) is 12.7 Å². The number of nitrogens with zero attached hydrogens (tertiary/aromatic N) is 1. The van der Waals surface area contributed by atoms with Crippen LogP contribution in [0.3, 0.4) is 0 Å². The summed E-state index contributed by atoms with van der Waals surface area (Å²) in [5, 5.41) is 3.39. The first-order valence-electron chi connectivity index (χ1n) is 7.82. The Bertz CT molecular complexity index is 694. The van der Waals surface area contributed by atoms with Crippen molar-refractivity contribution in [2.45, 2.75) is 19.7 Å². The number of para-hydroxylation sites is 1. The van der Waals surface area contributed by atoms with Crippen molar-refractivity contribution in [2.24, 2.45) is 0 Å². The number of alkyl halides is 2. The first kappa shape index (κ1) is 16.5. The summed E-state index contributed by atoms with van der Waals surface area (Å²) in [6.07, 6.45) is 0. The van der Waals surface area contributed by atoms with E-state index >= 15 is 0 Å². The van der Waals surface area contributed by atoms with E-state index in [4.69, 9.17) is 4.74 Å². The molecule has 2 aromatic rings. The lowest BCUT2D eigenvalue weighted by molar-refractivity contribution is -0.0512. The van der Waals surface area contributed by atoms with Crippen LogP contribution in [0.1, 0.15) is 11.1 Å². The van der Waals surface area contributed by atoms with Gasteiger partial charge >= 0.3 is 6.61 Å². The predicted molar refractivity (Wildman–Crippen MR) is 88.8 cm³/mol. The molecule has 0 saturated carbocycles. The Balaban J connectivity index is 1.85. The average Bonchev–Trinajstić information content (AvgIpc) is 2.77. The standard InChI is InChI=1S/C18H20F2N2O2/c1-23-16-7-6-13(10-17(16)24-18(19)20)12-22-9-8-21-11-14-4-2-3-5-15(14)22/h2-7,10,18,21H,8-9,11-12H2,1H3. The molecule has 0 unspecified atom stereocenters. The quantitative estimate of drug-likeness (QED) is 0.909. The fraction of sp³-hybridized carbons (Fsp3) is 0.333. The van der Waals surface area contributed by atoms with Crippen molar-refractivity contribution in [2.75, 3.05) is 25.1 Å². The molecule has 1 aliphatic rings. The third kappa shape index (κ3) is 3.76. The zero-order chi connectivity index (χ0) is 16.9. The van der Waals surface area contributed by atoms with Gasteiger partial charge in [-0.15, -0.1) is 0 Å². The van der Waals surface area contributed by atoms with Gasteiger partial charge in [0.2, 0.25) is 0 Å². The molecule has 6 heteroatoms. The van der Waals surface area contributed by atoms with Gasteiger partial charge in [0.15, 0.2) is 11.5 Å². The van der Waals surface area contributed by atoms with Crippen LogP contribution in [0.15, 0.2) is 42.5 Å². The number of hydrogen-bond donors (Lipinski definition) is 1. The minimum absolute atomic E-state index is 0.0613. The summed E-state index contributed by atoms with van der Waals surface area (Å²) in [5.41, 5.74) is 3.28. The first-order valence-corrected chi connectivity index (χ1v) is 7.82. The van der Waals surface area contributed by atoms with Crippen molar-refractivity contribution in [3.8, 4) is 11.5 Å². The van der Waals surface area contributed by atoms with E-state index in [0.717, 1.165) is 30.9 Å². The Labute approximate surface area is 140 Å². The molecule has 0 bridgehead atoms. The lowest BCUT2D eigenvalue weighted by Crippen LogP contribution is -2.28. The number of methoxy groups -OCH3 is 1. The lowest BCUT2D eigenvalue weighted by atomic mass is 10.1. The number of benzene rings is 2. The van der Waals surface area contributed by atoms with E-state index in [1.54, 1.807) is 12.1 Å². The van der Waals surface area contributed by atoms with Crippen molar-refractivity contribution in [3.63, 3.8) is 0 Å². The highest BCUT2D eigenvalue weighted by Crippen LogP contribution is 2.31. The lowest BCUT2D eigenvalue weighted by Gasteiger charge is -2.25. The summed E-state index contributed by atoms with van der Waals surface area (Å²) >= 11 is 0. The van der Waals surface area contributed by atoms with Gasteiger partial charge in [-0.05, 0) is 29.3 Å². The van der Waals surface area contributed by atoms with E-state index in [1.807, 2.05) is 18.2 Å². The molecule has 0 atom stereocenters. The predicted octanol–water partition coefficient (Wildman–Crippen LogP) is 3.41. The molecule has 0 aliphatic carbocycles. The van der Waals surface area contributed by atoms with Crippen LogP contribution in [0.5, 0.6) is 11.5 Å². The largest absolute Gasteiger partial charge is 0.493 e. The molecule has 0 aromatic heterocycles. The number of fused-ring (bicyclic) bond motifs is 1. The van der Waals surface area contributed by atoms with Crippen LogP contribution in [0.2, 0.25) is 0 Å². The molecule has 1 heterocycles. The van der Waals surface area contributed by atoms with Crippen LogP contribution in [0.25, 0.3) is 0 Å². The minimum Gasteiger partial charge on any atom is -0.493 e. The van der Waals surface area contributed by atoms with Crippen molar-refractivity contribution in [3.05, 3.63) is 53.6 Å². The zero-order valence-corrected chi connectivity index (χ0v) is 13.5. The molecular formula is C18H20F2N2O2. The molecule has 0 fully saturated rings. The SMILES string of the molecule is COc1ccc(CN2CCNCc3ccccc32)cc1OC(F)F. The van der Waals surface area contributed by atoms with E-state index in [9.17, 15) is 8.78 Å². The van der Waals surface area contributed by atoms with Gasteiger partial charge < -0.3 is 19.7 Å². The van der Waals surface area contributed by atoms with Gasteiger partial charge in [-0.25, -0.2) is 0 Å². The number of hydrogen-bond acceptors (Lipinski definition) is 4. The van der Waals surface area contributed by atoms with Gasteiger partial charge in [-0.3, -0.25) is 0 Å². The van der Waals surface area contributed by atoms with E-state index in [-0.39, 0.29) is 5.75 Å². The second-order valence-electron chi connectivity index (χ2n) is 5.59. The molecule has 0 radical (unpaired) electrons. The maximum atomic E-state index is 12.6. The smallest absolute Gasteiger partial charge is 0.387 e. The van der Waals surface area contributed by atoms with Crippen LogP contribution in [0, 0.1) is 0 Å². The van der Waals surface area contributed by atoms with Gasteiger partial charge in [0.1, 0.15) is 0 Å². The van der Waals surface area contributed by atoms with Crippen LogP contribution in [-0.2, 0) is 13.1 Å². The fourth-order valence-corrected chi connectivity index (χ4v) is 2.92. The van der Waals surface area contributed by atoms with Crippen LogP contribution in [-0.4, -0.2) is 26.8 Å². The molecule has 4 nitrogen and oxygen atoms in total. The number of rotatable bonds is 5. The Morgan fingerprint density at radius 1 is 1.17 bits per heavy atom. The first-order chi connectivity index (χ1) is 11.7. The third-order valence-corrected chi connectivity index (χ3v) is 4.02. The van der Waals surface area contributed by atoms with Crippen LogP contribution in [0.4, 0.5) is 14.5 Å². The summed E-state index contributed by atoms with van der Waals surface area (Å²) in [6, 6.07) is 13.4. The van der Waals surface area contributed by atoms with Gasteiger partial charge in [-0.2, -0.15) is 8.78 Å². The van der Waals surface area contributed by atoms with Gasteiger partial charge in [0.05, 0.1) is 7.11 Å². The maximum absolute atomic E-state index is 12.6. The zero-order valence-electron chi connectivity index (χ0n) is 13.5. The van der Waals surface area contributed by atoms with Crippen LogP contribution < -0.4 is 19.7 Å².